The molecule has 0 spiro atoms. The summed E-state index contributed by atoms with van der Waals surface area (Å²) in [6.07, 6.45) is 5.50. The molecule has 0 saturated carbocycles. The predicted molar refractivity (Wildman–Crippen MR) is 203 cm³/mol. The van der Waals surface area contributed by atoms with Gasteiger partial charge in [-0.1, -0.05) is 30.3 Å². The van der Waals surface area contributed by atoms with Crippen molar-refractivity contribution in [3.63, 3.8) is 0 Å². The molecule has 5 aromatic carbocycles. The molecule has 2 aliphatic rings. The Kier molecular flexibility index (Phi) is 7.14. The first-order valence-electron chi connectivity index (χ1n) is 16.7. The Bertz CT molecular complexity index is 2660. The number of anilines is 2. The van der Waals surface area contributed by atoms with Crippen molar-refractivity contribution < 1.29 is 15.3 Å². The van der Waals surface area contributed by atoms with Crippen LogP contribution >= 0.6 is 0 Å². The molecule has 0 bridgehead atoms. The van der Waals surface area contributed by atoms with Gasteiger partial charge < -0.3 is 20.2 Å². The molecular weight excluding hydrogens is 635 g/mol. The fourth-order valence-corrected chi connectivity index (χ4v) is 7.55. The van der Waals surface area contributed by atoms with Crippen LogP contribution in [-0.4, -0.2) is 26.0 Å². The number of phenols is 3. The molecule has 0 saturated heterocycles. The van der Waals surface area contributed by atoms with Crippen molar-refractivity contribution >= 4 is 44.5 Å². The highest BCUT2D eigenvalue weighted by Crippen LogP contribution is 2.47. The van der Waals surface area contributed by atoms with Crippen molar-refractivity contribution in [3.05, 3.63) is 147 Å². The third-order valence-electron chi connectivity index (χ3n) is 9.87. The smallest absolute Gasteiger partial charge is 0.155 e. The quantitative estimate of drug-likeness (QED) is 0.161. The highest BCUT2D eigenvalue weighted by atomic mass is 16.3. The van der Waals surface area contributed by atoms with Gasteiger partial charge in [-0.15, -0.1) is 0 Å². The van der Waals surface area contributed by atoms with Gasteiger partial charge in [0.05, 0.1) is 40.1 Å². The van der Waals surface area contributed by atoms with Crippen molar-refractivity contribution in [2.24, 2.45) is 4.99 Å². The summed E-state index contributed by atoms with van der Waals surface area (Å²) in [4.78, 5) is 14.0. The number of hydrogen-bond donors (Lipinski definition) is 3. The van der Waals surface area contributed by atoms with E-state index in [9.17, 15) is 20.6 Å². The van der Waals surface area contributed by atoms with Gasteiger partial charge in [0.1, 0.15) is 23.3 Å². The van der Waals surface area contributed by atoms with Crippen LogP contribution in [0.3, 0.4) is 0 Å². The molecule has 0 fully saturated rings. The summed E-state index contributed by atoms with van der Waals surface area (Å²) >= 11 is 0. The summed E-state index contributed by atoms with van der Waals surface area (Å²) < 4.78 is 0. The number of aryl methyl sites for hydroxylation is 6. The largest absolute Gasteiger partial charge is 0.507 e. The van der Waals surface area contributed by atoms with Crippen LogP contribution in [0.5, 0.6) is 17.2 Å². The van der Waals surface area contributed by atoms with Crippen molar-refractivity contribution in [1.29, 1.82) is 5.26 Å². The molecule has 2 aliphatic heterocycles. The maximum absolute atomic E-state index is 11.6. The lowest BCUT2D eigenvalue weighted by molar-refractivity contribution is 0.469. The second-order valence-electron chi connectivity index (χ2n) is 13.6. The number of aromatic hydroxyl groups is 3. The fourth-order valence-electron chi connectivity index (χ4n) is 7.55. The van der Waals surface area contributed by atoms with Crippen LogP contribution in [0, 0.1) is 52.9 Å². The van der Waals surface area contributed by atoms with Gasteiger partial charge in [0.15, 0.2) is 5.82 Å². The number of aliphatic imine (C=N–C) groups is 1. The van der Waals surface area contributed by atoms with E-state index < -0.39 is 0 Å². The number of phenolic OH excluding ortho intramolecular Hbond substituents is 3. The molecule has 3 heterocycles. The second kappa shape index (κ2) is 11.5. The highest BCUT2D eigenvalue weighted by molar-refractivity contribution is 6.23. The van der Waals surface area contributed by atoms with Gasteiger partial charge in [-0.3, -0.25) is 9.88 Å². The van der Waals surface area contributed by atoms with Gasteiger partial charge in [-0.05, 0) is 117 Å². The molecule has 3 N–H and O–H groups in total. The topological polar surface area (TPSA) is 116 Å². The highest BCUT2D eigenvalue weighted by Gasteiger charge is 2.35. The molecule has 51 heavy (non-hydrogen) atoms. The van der Waals surface area contributed by atoms with Crippen molar-refractivity contribution in [2.75, 3.05) is 9.80 Å². The molecule has 0 aliphatic carbocycles. The number of nitriles is 1. The number of hydrogen-bond acceptors (Lipinski definition) is 8. The monoisotopic (exact) mass is 669 g/mol. The minimum absolute atomic E-state index is 0.132. The summed E-state index contributed by atoms with van der Waals surface area (Å²) in [5, 5.41) is 46.8. The Morgan fingerprint density at radius 3 is 2.04 bits per heavy atom. The Morgan fingerprint density at radius 2 is 1.31 bits per heavy atom. The number of nitrogens with zero attached hydrogens (tertiary/aromatic N) is 5. The zero-order valence-corrected chi connectivity index (χ0v) is 29.2. The van der Waals surface area contributed by atoms with Crippen LogP contribution in [0.25, 0.3) is 27.4 Å². The van der Waals surface area contributed by atoms with E-state index in [-0.39, 0.29) is 17.2 Å². The summed E-state index contributed by atoms with van der Waals surface area (Å²) in [5.74, 6) is 0.973. The number of fused-ring (bicyclic) bond motifs is 6. The van der Waals surface area contributed by atoms with E-state index in [2.05, 4.69) is 12.1 Å². The number of aromatic nitrogens is 1. The minimum Gasteiger partial charge on any atom is -0.507 e. The Hall–Kier alpha value is -6.59. The SMILES string of the molecule is Cc1cc(C)c(O)c(C2=CN(c3ccccc3C#N)C=C3N=C(c4cc(C)cc(C)c4O)c4cc5ncc6c(O)c(C)cc(C)c6c5cc4N32)c1. The van der Waals surface area contributed by atoms with Crippen LogP contribution in [0.1, 0.15) is 55.6 Å². The number of pyridine rings is 1. The Morgan fingerprint density at radius 1 is 0.647 bits per heavy atom. The maximum atomic E-state index is 11.6. The van der Waals surface area contributed by atoms with E-state index >= 15 is 0 Å². The van der Waals surface area contributed by atoms with Crippen LogP contribution in [-0.2, 0) is 0 Å². The molecule has 0 unspecified atom stereocenters. The van der Waals surface area contributed by atoms with Gasteiger partial charge in [0.25, 0.3) is 0 Å². The van der Waals surface area contributed by atoms with Gasteiger partial charge in [-0.2, -0.15) is 5.26 Å². The van der Waals surface area contributed by atoms with E-state index in [4.69, 9.17) is 9.98 Å². The average Bonchev–Trinajstić information content (AvgIpc) is 3.11. The van der Waals surface area contributed by atoms with Gasteiger partial charge in [0, 0.05) is 39.9 Å². The van der Waals surface area contributed by atoms with Gasteiger partial charge in [-0.25, -0.2) is 4.99 Å². The Balaban J connectivity index is 1.51. The van der Waals surface area contributed by atoms with Crippen molar-refractivity contribution in [3.8, 4) is 23.3 Å². The van der Waals surface area contributed by atoms with Crippen LogP contribution < -0.4 is 9.80 Å². The van der Waals surface area contributed by atoms with Crippen LogP contribution in [0.2, 0.25) is 0 Å². The first-order chi connectivity index (χ1) is 24.4. The van der Waals surface area contributed by atoms with E-state index in [1.165, 1.54) is 0 Å². The summed E-state index contributed by atoms with van der Waals surface area (Å²) in [5.41, 5.74) is 10.9. The average molecular weight is 670 g/mol. The van der Waals surface area contributed by atoms with Crippen molar-refractivity contribution in [2.45, 2.75) is 41.5 Å². The molecule has 8 rings (SSSR count). The lowest BCUT2D eigenvalue weighted by atomic mass is 9.91. The number of benzene rings is 5. The van der Waals surface area contributed by atoms with E-state index in [1.807, 2.05) is 118 Å². The van der Waals surface area contributed by atoms with E-state index in [0.717, 1.165) is 55.4 Å². The Labute approximate surface area is 295 Å². The van der Waals surface area contributed by atoms with Crippen LogP contribution in [0.4, 0.5) is 11.4 Å². The molecule has 1 aromatic heterocycles. The molecular formula is C43H35N5O3. The van der Waals surface area contributed by atoms with Crippen LogP contribution in [0.15, 0.2) is 96.1 Å². The van der Waals surface area contributed by atoms with E-state index in [1.54, 1.807) is 12.3 Å². The minimum atomic E-state index is 0.132. The van der Waals surface area contributed by atoms with Crippen molar-refractivity contribution in [1.82, 2.24) is 4.98 Å². The molecule has 0 atom stereocenters. The van der Waals surface area contributed by atoms with Gasteiger partial charge >= 0.3 is 0 Å². The zero-order valence-electron chi connectivity index (χ0n) is 29.2. The maximum Gasteiger partial charge on any atom is 0.155 e. The predicted octanol–water partition coefficient (Wildman–Crippen LogP) is 9.20. The lowest BCUT2D eigenvalue weighted by Crippen LogP contribution is -2.33. The summed E-state index contributed by atoms with van der Waals surface area (Å²) in [7, 11) is 0. The van der Waals surface area contributed by atoms with E-state index in [0.29, 0.717) is 50.5 Å². The second-order valence-corrected chi connectivity index (χ2v) is 13.6. The normalized spacial score (nSPS) is 13.8. The standard InChI is InChI=1S/C43H35N5O3/c1-22-11-25(4)41(49)31(13-22)37-20-47(35-10-8-7-9-28(35)18-44)21-38-46-40(32-14-23(2)12-26(5)42(32)50)30-16-34-29(17-36(30)48(37)38)39-24(3)15-27(6)43(51)33(39)19-45-34/h7-17,19-21,49-51H,1-6H3. The number of rotatable bonds is 3. The number of para-hydroxylation sites is 1. The van der Waals surface area contributed by atoms with Gasteiger partial charge in [0.2, 0.25) is 0 Å². The lowest BCUT2D eigenvalue weighted by Gasteiger charge is -2.39. The third-order valence-corrected chi connectivity index (χ3v) is 9.87. The fraction of sp³-hybridized carbons (Fsp3) is 0.140. The molecule has 8 heteroatoms. The zero-order chi connectivity index (χ0) is 35.9. The summed E-state index contributed by atoms with van der Waals surface area (Å²) in [6.45, 7) is 11.6. The molecule has 0 radical (unpaired) electrons. The molecule has 6 aromatic rings. The molecule has 250 valence electrons. The summed E-state index contributed by atoms with van der Waals surface area (Å²) in [6, 6.07) is 23.4. The third kappa shape index (κ3) is 4.89. The molecule has 0 amide bonds. The molecule has 8 nitrogen and oxygen atoms in total. The first kappa shape index (κ1) is 31.7. The first-order valence-corrected chi connectivity index (χ1v) is 16.7.